The number of benzene rings is 1. The van der Waals surface area contributed by atoms with Crippen LogP contribution in [-0.2, 0) is 0 Å². The van der Waals surface area contributed by atoms with Crippen molar-refractivity contribution in [3.05, 3.63) is 42.2 Å². The number of anilines is 1. The van der Waals surface area contributed by atoms with Crippen molar-refractivity contribution < 1.29 is 14.7 Å². The molecule has 2 amide bonds. The topological polar surface area (TPSA) is 120 Å². The van der Waals surface area contributed by atoms with Gasteiger partial charge in [0.2, 0.25) is 5.95 Å². The number of fused-ring (bicyclic) bond motifs is 1. The summed E-state index contributed by atoms with van der Waals surface area (Å²) < 4.78 is 0. The average Bonchev–Trinajstić information content (AvgIpc) is 2.96. The Morgan fingerprint density at radius 3 is 2.79 bits per heavy atom. The van der Waals surface area contributed by atoms with Crippen molar-refractivity contribution in [2.24, 2.45) is 0 Å². The number of amides is 2. The zero-order valence-electron chi connectivity index (χ0n) is 12.8. The number of rotatable bonds is 4. The molecule has 8 nitrogen and oxygen atoms in total. The number of carboxylic acid groups (broad SMARTS) is 1. The van der Waals surface area contributed by atoms with E-state index in [9.17, 15) is 14.7 Å². The summed E-state index contributed by atoms with van der Waals surface area (Å²) in [5.74, 6) is -0.902. The fourth-order valence-electron chi connectivity index (χ4n) is 2.35. The molecule has 4 N–H and O–H groups in total. The molecule has 0 atom stereocenters. The molecule has 0 aliphatic rings. The summed E-state index contributed by atoms with van der Waals surface area (Å²) in [6.45, 7) is 2.26. The van der Waals surface area contributed by atoms with E-state index >= 15 is 0 Å². The summed E-state index contributed by atoms with van der Waals surface area (Å²) in [6, 6.07) is 6.49. The van der Waals surface area contributed by atoms with Gasteiger partial charge < -0.3 is 15.4 Å². The Labute approximate surface area is 136 Å². The zero-order valence-corrected chi connectivity index (χ0v) is 12.8. The highest BCUT2D eigenvalue weighted by Gasteiger charge is 2.16. The third-order valence-electron chi connectivity index (χ3n) is 3.39. The minimum absolute atomic E-state index is 0.0720. The lowest BCUT2D eigenvalue weighted by Crippen LogP contribution is -2.28. The van der Waals surface area contributed by atoms with Crippen LogP contribution in [0.15, 0.2) is 36.7 Å². The van der Waals surface area contributed by atoms with Crippen molar-refractivity contribution in [3.8, 4) is 11.1 Å². The van der Waals surface area contributed by atoms with E-state index in [1.807, 2.05) is 6.07 Å². The average molecular weight is 325 g/mol. The van der Waals surface area contributed by atoms with Crippen LogP contribution in [0.4, 0.5) is 10.7 Å². The first-order chi connectivity index (χ1) is 11.6. The molecule has 0 unspecified atom stereocenters. The second-order valence-corrected chi connectivity index (χ2v) is 5.03. The number of hydrogen-bond acceptors (Lipinski definition) is 4. The Hall–Kier alpha value is -3.42. The van der Waals surface area contributed by atoms with Gasteiger partial charge in [-0.05, 0) is 30.7 Å². The second-order valence-electron chi connectivity index (χ2n) is 5.03. The molecule has 0 saturated heterocycles. The Bertz CT molecular complexity index is 905. The van der Waals surface area contributed by atoms with Crippen LogP contribution in [0.2, 0.25) is 0 Å². The number of carboxylic acids is 1. The SMILES string of the molecule is CCNC(=O)Nc1nc2cc(-c3cccnc3)cc(C(=O)O)c2[nH]1. The van der Waals surface area contributed by atoms with Crippen molar-refractivity contribution in [1.82, 2.24) is 20.3 Å². The number of nitrogens with one attached hydrogen (secondary N) is 3. The van der Waals surface area contributed by atoms with Crippen molar-refractivity contribution in [2.45, 2.75) is 6.92 Å². The van der Waals surface area contributed by atoms with Crippen molar-refractivity contribution in [1.29, 1.82) is 0 Å². The van der Waals surface area contributed by atoms with E-state index < -0.39 is 12.0 Å². The van der Waals surface area contributed by atoms with Crippen LogP contribution >= 0.6 is 0 Å². The number of carbonyl (C=O) groups is 2. The van der Waals surface area contributed by atoms with E-state index in [0.29, 0.717) is 23.1 Å². The Balaban J connectivity index is 2.08. The van der Waals surface area contributed by atoms with Gasteiger partial charge >= 0.3 is 12.0 Å². The van der Waals surface area contributed by atoms with Gasteiger partial charge in [-0.3, -0.25) is 10.3 Å². The summed E-state index contributed by atoms with van der Waals surface area (Å²) >= 11 is 0. The maximum atomic E-state index is 11.6. The second kappa shape index (κ2) is 6.37. The van der Waals surface area contributed by atoms with Crippen LogP contribution in [0.5, 0.6) is 0 Å². The molecule has 0 fully saturated rings. The number of aromatic nitrogens is 3. The van der Waals surface area contributed by atoms with Crippen LogP contribution in [0.3, 0.4) is 0 Å². The van der Waals surface area contributed by atoms with Gasteiger partial charge in [0.15, 0.2) is 0 Å². The van der Waals surface area contributed by atoms with E-state index in [1.54, 1.807) is 37.5 Å². The monoisotopic (exact) mass is 325 g/mol. The van der Waals surface area contributed by atoms with Crippen molar-refractivity contribution in [2.75, 3.05) is 11.9 Å². The third-order valence-corrected chi connectivity index (χ3v) is 3.39. The Morgan fingerprint density at radius 2 is 2.12 bits per heavy atom. The summed E-state index contributed by atoms with van der Waals surface area (Å²) in [5.41, 5.74) is 2.33. The lowest BCUT2D eigenvalue weighted by Gasteiger charge is -2.03. The lowest BCUT2D eigenvalue weighted by atomic mass is 10.0. The van der Waals surface area contributed by atoms with Gasteiger partial charge in [-0.2, -0.15) is 0 Å². The maximum absolute atomic E-state index is 11.6. The van der Waals surface area contributed by atoms with Gasteiger partial charge in [0, 0.05) is 24.5 Å². The van der Waals surface area contributed by atoms with Gasteiger partial charge in [-0.15, -0.1) is 0 Å². The summed E-state index contributed by atoms with van der Waals surface area (Å²) in [7, 11) is 0. The molecule has 1 aromatic carbocycles. The first-order valence-corrected chi connectivity index (χ1v) is 7.30. The van der Waals surface area contributed by atoms with Gasteiger partial charge in [0.25, 0.3) is 0 Å². The number of aromatic carboxylic acids is 1. The molecule has 0 radical (unpaired) electrons. The van der Waals surface area contributed by atoms with Gasteiger partial charge in [-0.1, -0.05) is 6.07 Å². The minimum atomic E-state index is -1.08. The van der Waals surface area contributed by atoms with E-state index in [0.717, 1.165) is 5.56 Å². The number of hydrogen-bond donors (Lipinski definition) is 4. The highest BCUT2D eigenvalue weighted by molar-refractivity contribution is 6.04. The lowest BCUT2D eigenvalue weighted by molar-refractivity contribution is 0.0699. The number of imidazole rings is 1. The van der Waals surface area contributed by atoms with Crippen molar-refractivity contribution >= 4 is 29.0 Å². The standard InChI is InChI=1S/C16H15N5O3/c1-2-18-16(24)21-15-19-12-7-10(9-4-3-5-17-8-9)6-11(14(22)23)13(12)20-15/h3-8H,2H2,1H3,(H,22,23)(H3,18,19,20,21,24). The summed E-state index contributed by atoms with van der Waals surface area (Å²) in [6.07, 6.45) is 3.29. The number of aromatic amines is 1. The van der Waals surface area contributed by atoms with Crippen LogP contribution < -0.4 is 10.6 Å². The molecule has 0 saturated carbocycles. The third kappa shape index (κ3) is 3.02. The molecule has 0 spiro atoms. The van der Waals surface area contributed by atoms with Crippen molar-refractivity contribution in [3.63, 3.8) is 0 Å². The fourth-order valence-corrected chi connectivity index (χ4v) is 2.35. The van der Waals surface area contributed by atoms with Gasteiger partial charge in [0.05, 0.1) is 16.6 Å². The number of H-pyrrole nitrogens is 1. The highest BCUT2D eigenvalue weighted by atomic mass is 16.4. The molecule has 2 aromatic heterocycles. The van der Waals surface area contributed by atoms with Crippen LogP contribution in [0.25, 0.3) is 22.2 Å². The van der Waals surface area contributed by atoms with Crippen LogP contribution in [0.1, 0.15) is 17.3 Å². The fraction of sp³-hybridized carbons (Fsp3) is 0.125. The number of nitrogens with zero attached hydrogens (tertiary/aromatic N) is 2. The molecular formula is C16H15N5O3. The van der Waals surface area contributed by atoms with Gasteiger partial charge in [0.1, 0.15) is 0 Å². The smallest absolute Gasteiger partial charge is 0.337 e. The van der Waals surface area contributed by atoms with E-state index in [4.69, 9.17) is 0 Å². The molecule has 3 rings (SSSR count). The molecule has 0 aliphatic heterocycles. The van der Waals surface area contributed by atoms with Crippen LogP contribution in [0, 0.1) is 0 Å². The normalized spacial score (nSPS) is 10.5. The Morgan fingerprint density at radius 1 is 1.29 bits per heavy atom. The largest absolute Gasteiger partial charge is 0.478 e. The molecule has 8 heteroatoms. The highest BCUT2D eigenvalue weighted by Crippen LogP contribution is 2.27. The Kier molecular flexibility index (Phi) is 4.11. The first kappa shape index (κ1) is 15.5. The maximum Gasteiger partial charge on any atom is 0.337 e. The molecule has 0 bridgehead atoms. The van der Waals surface area contributed by atoms with Gasteiger partial charge in [-0.25, -0.2) is 14.6 Å². The van der Waals surface area contributed by atoms with E-state index in [2.05, 4.69) is 25.6 Å². The quantitative estimate of drug-likeness (QED) is 0.587. The zero-order chi connectivity index (χ0) is 17.1. The predicted molar refractivity (Wildman–Crippen MR) is 89.0 cm³/mol. The number of carbonyl (C=O) groups excluding carboxylic acids is 1. The molecule has 122 valence electrons. The molecule has 3 aromatic rings. The molecule has 24 heavy (non-hydrogen) atoms. The minimum Gasteiger partial charge on any atom is -0.478 e. The number of urea groups is 1. The molecular weight excluding hydrogens is 310 g/mol. The molecule has 0 aliphatic carbocycles. The first-order valence-electron chi connectivity index (χ1n) is 7.30. The van der Waals surface area contributed by atoms with Crippen LogP contribution in [-0.4, -0.2) is 38.6 Å². The van der Waals surface area contributed by atoms with E-state index in [-0.39, 0.29) is 11.5 Å². The summed E-state index contributed by atoms with van der Waals surface area (Å²) in [4.78, 5) is 34.3. The summed E-state index contributed by atoms with van der Waals surface area (Å²) in [5, 5.41) is 14.6. The van der Waals surface area contributed by atoms with E-state index in [1.165, 1.54) is 0 Å². The molecule has 2 heterocycles. The number of pyridine rings is 1. The predicted octanol–water partition coefficient (Wildman–Crippen LogP) is 2.46.